The molecule has 4 rings (SSSR count). The molecule has 1 aliphatic carbocycles. The maximum absolute atomic E-state index is 13.4. The molecule has 0 aliphatic heterocycles. The van der Waals surface area contributed by atoms with Gasteiger partial charge in [-0.05, 0) is 43.9 Å². The van der Waals surface area contributed by atoms with E-state index in [0.717, 1.165) is 40.7 Å². The molecule has 0 radical (unpaired) electrons. The Labute approximate surface area is 159 Å². The highest BCUT2D eigenvalue weighted by atomic mass is 32.2. The molecule has 3 aromatic rings. The monoisotopic (exact) mass is 386 g/mol. The van der Waals surface area contributed by atoms with Gasteiger partial charge in [0.25, 0.3) is 5.56 Å². The van der Waals surface area contributed by atoms with Crippen LogP contribution in [0.25, 0.3) is 15.9 Å². The highest BCUT2D eigenvalue weighted by molar-refractivity contribution is 8.00. The number of rotatable bonds is 4. The molecule has 0 saturated heterocycles. The molecule has 0 fully saturated rings. The molecular formula is C19H18N2O3S2. The molecule has 7 heteroatoms. The normalized spacial score (nSPS) is 14.4. The van der Waals surface area contributed by atoms with E-state index < -0.39 is 5.25 Å². The van der Waals surface area contributed by atoms with Crippen molar-refractivity contribution in [2.45, 2.75) is 36.6 Å². The fourth-order valence-electron chi connectivity index (χ4n) is 3.28. The molecule has 134 valence electrons. The second-order valence-electron chi connectivity index (χ2n) is 6.19. The first-order chi connectivity index (χ1) is 12.6. The summed E-state index contributed by atoms with van der Waals surface area (Å²) in [4.78, 5) is 32.1. The van der Waals surface area contributed by atoms with Gasteiger partial charge in [-0.15, -0.1) is 11.3 Å². The number of thioether (sulfide) groups is 1. The van der Waals surface area contributed by atoms with Crippen molar-refractivity contribution in [1.29, 1.82) is 0 Å². The molecule has 2 heterocycles. The third-order valence-electron chi connectivity index (χ3n) is 4.54. The smallest absolute Gasteiger partial charge is 0.318 e. The van der Waals surface area contributed by atoms with E-state index in [9.17, 15) is 9.59 Å². The number of esters is 1. The fraction of sp³-hybridized carbons (Fsp3) is 0.316. The molecule has 1 aromatic carbocycles. The first kappa shape index (κ1) is 17.3. The highest BCUT2D eigenvalue weighted by Crippen LogP contribution is 2.36. The van der Waals surface area contributed by atoms with Gasteiger partial charge in [0.2, 0.25) is 0 Å². The number of fused-ring (bicyclic) bond motifs is 3. The molecule has 1 atom stereocenters. The number of carbonyl (C=O) groups excluding carboxylic acids is 1. The number of benzene rings is 1. The number of para-hydroxylation sites is 1. The number of thiophene rings is 1. The lowest BCUT2D eigenvalue weighted by molar-refractivity contribution is -0.139. The topological polar surface area (TPSA) is 61.2 Å². The van der Waals surface area contributed by atoms with Crippen LogP contribution in [-0.2, 0) is 22.4 Å². The first-order valence-corrected chi connectivity index (χ1v) is 10.2. The maximum atomic E-state index is 13.4. The van der Waals surface area contributed by atoms with Gasteiger partial charge >= 0.3 is 5.97 Å². The molecule has 5 nitrogen and oxygen atoms in total. The summed E-state index contributed by atoms with van der Waals surface area (Å²) in [5.74, 6) is -0.336. The summed E-state index contributed by atoms with van der Waals surface area (Å²) in [6, 6.07) is 9.46. The second kappa shape index (κ2) is 6.89. The summed E-state index contributed by atoms with van der Waals surface area (Å²) < 4.78 is 6.45. The van der Waals surface area contributed by atoms with Gasteiger partial charge in [-0.25, -0.2) is 4.98 Å². The number of methoxy groups -OCH3 is 1. The lowest BCUT2D eigenvalue weighted by Crippen LogP contribution is -2.24. The number of ether oxygens (including phenoxy) is 1. The van der Waals surface area contributed by atoms with E-state index in [-0.39, 0.29) is 11.5 Å². The predicted molar refractivity (Wildman–Crippen MR) is 105 cm³/mol. The zero-order valence-corrected chi connectivity index (χ0v) is 16.2. The molecule has 0 N–H and O–H groups in total. The van der Waals surface area contributed by atoms with Crippen molar-refractivity contribution < 1.29 is 9.53 Å². The summed E-state index contributed by atoms with van der Waals surface area (Å²) in [5, 5.41) is 0.805. The van der Waals surface area contributed by atoms with Gasteiger partial charge in [0.1, 0.15) is 10.1 Å². The quantitative estimate of drug-likeness (QED) is 0.390. The van der Waals surface area contributed by atoms with Crippen molar-refractivity contribution >= 4 is 39.3 Å². The van der Waals surface area contributed by atoms with E-state index >= 15 is 0 Å². The van der Waals surface area contributed by atoms with Gasteiger partial charge in [0, 0.05) is 4.88 Å². The van der Waals surface area contributed by atoms with Crippen molar-refractivity contribution in [3.8, 4) is 5.69 Å². The minimum Gasteiger partial charge on any atom is -0.468 e. The summed E-state index contributed by atoms with van der Waals surface area (Å²) in [6.07, 6.45) is 3.05. The van der Waals surface area contributed by atoms with Crippen molar-refractivity contribution in [3.05, 3.63) is 51.1 Å². The molecule has 0 spiro atoms. The van der Waals surface area contributed by atoms with Crippen LogP contribution in [-0.4, -0.2) is 27.9 Å². The lowest BCUT2D eigenvalue weighted by Gasteiger charge is -2.14. The van der Waals surface area contributed by atoms with Gasteiger partial charge < -0.3 is 4.74 Å². The number of hydrogen-bond donors (Lipinski definition) is 0. The summed E-state index contributed by atoms with van der Waals surface area (Å²) in [6.45, 7) is 1.76. The maximum Gasteiger partial charge on any atom is 0.318 e. The van der Waals surface area contributed by atoms with E-state index in [1.807, 2.05) is 30.3 Å². The molecule has 26 heavy (non-hydrogen) atoms. The Morgan fingerprint density at radius 1 is 1.31 bits per heavy atom. The molecule has 0 saturated carbocycles. The first-order valence-electron chi connectivity index (χ1n) is 8.47. The molecule has 2 aromatic heterocycles. The fourth-order valence-corrected chi connectivity index (χ4v) is 5.54. The predicted octanol–water partition coefficient (Wildman–Crippen LogP) is 3.59. The minimum absolute atomic E-state index is 0.0554. The van der Waals surface area contributed by atoms with Crippen LogP contribution in [0.3, 0.4) is 0 Å². The Morgan fingerprint density at radius 3 is 2.81 bits per heavy atom. The Kier molecular flexibility index (Phi) is 4.58. The van der Waals surface area contributed by atoms with Crippen LogP contribution in [0.2, 0.25) is 0 Å². The number of nitrogens with zero attached hydrogens (tertiary/aromatic N) is 2. The number of aromatic nitrogens is 2. The van der Waals surface area contributed by atoms with Gasteiger partial charge in [0.05, 0.1) is 18.2 Å². The summed E-state index contributed by atoms with van der Waals surface area (Å²) >= 11 is 2.86. The summed E-state index contributed by atoms with van der Waals surface area (Å²) in [5.41, 5.74) is 1.86. The van der Waals surface area contributed by atoms with Crippen LogP contribution in [0.15, 0.2) is 40.3 Å². The van der Waals surface area contributed by atoms with Crippen molar-refractivity contribution in [2.24, 2.45) is 0 Å². The molecule has 1 aliphatic rings. The lowest BCUT2D eigenvalue weighted by atomic mass is 10.2. The largest absolute Gasteiger partial charge is 0.468 e. The van der Waals surface area contributed by atoms with Gasteiger partial charge in [0.15, 0.2) is 5.16 Å². The highest BCUT2D eigenvalue weighted by Gasteiger charge is 2.25. The van der Waals surface area contributed by atoms with Crippen LogP contribution in [0.5, 0.6) is 0 Å². The SMILES string of the molecule is COC(=O)[C@@H](C)Sc1nc2sc3c(c2c(=O)n1-c1ccccc1)CCC3. The number of hydrogen-bond acceptors (Lipinski definition) is 6. The standard InChI is InChI=1S/C19H18N2O3S2/c1-11(18(23)24-2)25-19-20-16-15(13-9-6-10-14(13)26-16)17(22)21(19)12-7-4-3-5-8-12/h3-5,7-8,11H,6,9-10H2,1-2H3/t11-/m1/s1. The zero-order valence-electron chi connectivity index (χ0n) is 14.5. The Hall–Kier alpha value is -2.12. The van der Waals surface area contributed by atoms with E-state index in [1.54, 1.807) is 22.8 Å². The van der Waals surface area contributed by atoms with E-state index in [1.165, 1.54) is 23.7 Å². The van der Waals surface area contributed by atoms with Crippen LogP contribution >= 0.6 is 23.1 Å². The van der Waals surface area contributed by atoms with Crippen molar-refractivity contribution in [2.75, 3.05) is 7.11 Å². The third-order valence-corrected chi connectivity index (χ3v) is 6.75. The van der Waals surface area contributed by atoms with Gasteiger partial charge in [-0.1, -0.05) is 30.0 Å². The van der Waals surface area contributed by atoms with E-state index in [2.05, 4.69) is 0 Å². The van der Waals surface area contributed by atoms with Gasteiger partial charge in [-0.3, -0.25) is 14.2 Å². The Balaban J connectivity index is 1.95. The number of aryl methyl sites for hydroxylation is 2. The molecule has 0 amide bonds. The summed E-state index contributed by atoms with van der Waals surface area (Å²) in [7, 11) is 1.37. The van der Waals surface area contributed by atoms with Crippen LogP contribution in [0.4, 0.5) is 0 Å². The van der Waals surface area contributed by atoms with E-state index in [4.69, 9.17) is 9.72 Å². The molecule has 0 bridgehead atoms. The molecular weight excluding hydrogens is 368 g/mol. The average Bonchev–Trinajstić information content (AvgIpc) is 3.22. The third kappa shape index (κ3) is 2.85. The second-order valence-corrected chi connectivity index (χ2v) is 8.58. The average molecular weight is 386 g/mol. The van der Waals surface area contributed by atoms with Crippen LogP contribution in [0, 0.1) is 0 Å². The van der Waals surface area contributed by atoms with E-state index in [0.29, 0.717) is 5.16 Å². The van der Waals surface area contributed by atoms with Crippen molar-refractivity contribution in [3.63, 3.8) is 0 Å². The van der Waals surface area contributed by atoms with Gasteiger partial charge in [-0.2, -0.15) is 0 Å². The number of carbonyl (C=O) groups is 1. The minimum atomic E-state index is -0.453. The zero-order chi connectivity index (χ0) is 18.3. The Bertz CT molecular complexity index is 1040. The van der Waals surface area contributed by atoms with Crippen LogP contribution < -0.4 is 5.56 Å². The van der Waals surface area contributed by atoms with Crippen LogP contribution in [0.1, 0.15) is 23.8 Å². The van der Waals surface area contributed by atoms with Crippen molar-refractivity contribution in [1.82, 2.24) is 9.55 Å². The Morgan fingerprint density at radius 2 is 2.08 bits per heavy atom. The molecule has 0 unspecified atom stereocenters.